The molecule has 0 aliphatic carbocycles. The van der Waals surface area contributed by atoms with E-state index in [1.165, 1.54) is 0 Å². The monoisotopic (exact) mass is 170 g/mol. The van der Waals surface area contributed by atoms with Crippen molar-refractivity contribution in [2.75, 3.05) is 0 Å². The molecular weight excluding hydrogens is 164 g/mol. The van der Waals surface area contributed by atoms with Crippen LogP contribution in [0.25, 0.3) is 0 Å². The van der Waals surface area contributed by atoms with Gasteiger partial charge in [-0.3, -0.25) is 4.79 Å². The molecule has 11 heavy (non-hydrogen) atoms. The maximum Gasteiger partial charge on any atom is 0.258 e. The fourth-order valence-electron chi connectivity index (χ4n) is 0.793. The Morgan fingerprint density at radius 2 is 2.36 bits per heavy atom. The lowest BCUT2D eigenvalue weighted by Gasteiger charge is -1.96. The number of aryl methyl sites for hydroxylation is 1. The molecular formula is C7H7ClN2O. The van der Waals surface area contributed by atoms with Gasteiger partial charge in [-0.15, -0.1) is 0 Å². The number of H-pyrrole nitrogens is 1. The highest BCUT2D eigenvalue weighted by Crippen LogP contribution is 2.09. The molecule has 0 aliphatic heterocycles. The number of nitrogens with one attached hydrogen (secondary N) is 2. The van der Waals surface area contributed by atoms with Crippen LogP contribution in [0, 0.1) is 12.3 Å². The number of rotatable bonds is 1. The third kappa shape index (κ3) is 1.49. The average molecular weight is 171 g/mol. The van der Waals surface area contributed by atoms with Gasteiger partial charge in [0.05, 0.1) is 10.6 Å². The van der Waals surface area contributed by atoms with Crippen LogP contribution in [-0.4, -0.2) is 11.2 Å². The zero-order chi connectivity index (χ0) is 8.43. The van der Waals surface area contributed by atoms with Gasteiger partial charge < -0.3 is 10.4 Å². The van der Waals surface area contributed by atoms with Crippen LogP contribution < -0.4 is 5.56 Å². The molecule has 0 bridgehead atoms. The van der Waals surface area contributed by atoms with E-state index >= 15 is 0 Å². The van der Waals surface area contributed by atoms with Crippen molar-refractivity contribution in [3.05, 3.63) is 32.7 Å². The highest BCUT2D eigenvalue weighted by atomic mass is 35.5. The molecule has 0 amide bonds. The molecule has 0 aromatic carbocycles. The van der Waals surface area contributed by atoms with Crippen molar-refractivity contribution in [3.8, 4) is 0 Å². The maximum absolute atomic E-state index is 11.0. The molecule has 0 saturated carbocycles. The number of hydrogen-bond donors (Lipinski definition) is 2. The topological polar surface area (TPSA) is 56.7 Å². The summed E-state index contributed by atoms with van der Waals surface area (Å²) in [5.74, 6) is 0. The summed E-state index contributed by atoms with van der Waals surface area (Å²) in [6.07, 6.45) is 0.945. The predicted octanol–water partition coefficient (Wildman–Crippen LogP) is 1.33. The van der Waals surface area contributed by atoms with Crippen molar-refractivity contribution >= 4 is 17.8 Å². The molecule has 4 heteroatoms. The van der Waals surface area contributed by atoms with Gasteiger partial charge in [-0.2, -0.15) is 0 Å². The first kappa shape index (κ1) is 8.01. The quantitative estimate of drug-likeness (QED) is 0.614. The summed E-state index contributed by atoms with van der Waals surface area (Å²) >= 11 is 5.66. The van der Waals surface area contributed by atoms with E-state index in [0.717, 1.165) is 6.21 Å². The van der Waals surface area contributed by atoms with Crippen molar-refractivity contribution in [3.63, 3.8) is 0 Å². The molecule has 1 heterocycles. The lowest BCUT2D eigenvalue weighted by Crippen LogP contribution is -2.13. The molecule has 0 radical (unpaired) electrons. The SMILES string of the molecule is Cc1cc(Cl)c(C=N)c(=O)[nH]1. The third-order valence-corrected chi connectivity index (χ3v) is 1.61. The Bertz CT molecular complexity index is 343. The Hall–Kier alpha value is -1.09. The molecule has 3 nitrogen and oxygen atoms in total. The Morgan fingerprint density at radius 1 is 1.73 bits per heavy atom. The molecule has 0 atom stereocenters. The van der Waals surface area contributed by atoms with E-state index in [1.807, 2.05) is 0 Å². The molecule has 0 saturated heterocycles. The third-order valence-electron chi connectivity index (χ3n) is 1.30. The van der Waals surface area contributed by atoms with E-state index in [1.54, 1.807) is 13.0 Å². The minimum Gasteiger partial charge on any atom is -0.326 e. The summed E-state index contributed by atoms with van der Waals surface area (Å²) in [5.41, 5.74) is 0.591. The highest BCUT2D eigenvalue weighted by Gasteiger charge is 2.01. The summed E-state index contributed by atoms with van der Waals surface area (Å²) in [5, 5.41) is 7.19. The minimum atomic E-state index is -0.315. The first-order valence-corrected chi connectivity index (χ1v) is 3.43. The van der Waals surface area contributed by atoms with E-state index in [2.05, 4.69) is 4.98 Å². The molecule has 0 unspecified atom stereocenters. The fourth-order valence-corrected chi connectivity index (χ4v) is 1.10. The van der Waals surface area contributed by atoms with Crippen molar-refractivity contribution in [2.24, 2.45) is 0 Å². The first-order valence-electron chi connectivity index (χ1n) is 3.05. The lowest BCUT2D eigenvalue weighted by atomic mass is 10.2. The Balaban J connectivity index is 3.49. The predicted molar refractivity (Wildman–Crippen MR) is 44.7 cm³/mol. The molecule has 1 aromatic heterocycles. The molecule has 0 fully saturated rings. The van der Waals surface area contributed by atoms with Gasteiger partial charge in [0.2, 0.25) is 0 Å². The largest absolute Gasteiger partial charge is 0.326 e. The van der Waals surface area contributed by atoms with Crippen LogP contribution in [0.2, 0.25) is 5.02 Å². The highest BCUT2D eigenvalue weighted by molar-refractivity contribution is 6.32. The number of hydrogen-bond acceptors (Lipinski definition) is 2. The van der Waals surface area contributed by atoms with Gasteiger partial charge in [-0.05, 0) is 13.0 Å². The van der Waals surface area contributed by atoms with Crippen LogP contribution in [0.4, 0.5) is 0 Å². The zero-order valence-electron chi connectivity index (χ0n) is 5.94. The molecule has 58 valence electrons. The second-order valence-electron chi connectivity index (χ2n) is 2.19. The van der Waals surface area contributed by atoms with Crippen LogP contribution in [0.1, 0.15) is 11.3 Å². The summed E-state index contributed by atoms with van der Waals surface area (Å²) in [4.78, 5) is 13.5. The molecule has 2 N–H and O–H groups in total. The zero-order valence-corrected chi connectivity index (χ0v) is 6.70. The number of halogens is 1. The Kier molecular flexibility index (Phi) is 2.10. The standard InChI is InChI=1S/C7H7ClN2O/c1-4-2-6(8)5(3-9)7(11)10-4/h2-3,9H,1H3,(H,10,11). The maximum atomic E-state index is 11.0. The van der Waals surface area contributed by atoms with E-state index in [-0.39, 0.29) is 11.1 Å². The Morgan fingerprint density at radius 3 is 2.82 bits per heavy atom. The van der Waals surface area contributed by atoms with Gasteiger partial charge in [-0.1, -0.05) is 11.6 Å². The van der Waals surface area contributed by atoms with Gasteiger partial charge in [0.15, 0.2) is 0 Å². The second-order valence-corrected chi connectivity index (χ2v) is 2.59. The van der Waals surface area contributed by atoms with Crippen LogP contribution in [0.15, 0.2) is 10.9 Å². The van der Waals surface area contributed by atoms with E-state index in [4.69, 9.17) is 17.0 Å². The van der Waals surface area contributed by atoms with Crippen molar-refractivity contribution < 1.29 is 0 Å². The average Bonchev–Trinajstić information content (AvgIpc) is 1.85. The summed E-state index contributed by atoms with van der Waals surface area (Å²) in [6, 6.07) is 1.61. The number of aromatic nitrogens is 1. The van der Waals surface area contributed by atoms with Crippen LogP contribution in [-0.2, 0) is 0 Å². The van der Waals surface area contributed by atoms with Gasteiger partial charge in [0.1, 0.15) is 0 Å². The van der Waals surface area contributed by atoms with Gasteiger partial charge in [-0.25, -0.2) is 0 Å². The molecule has 1 aromatic rings. The van der Waals surface area contributed by atoms with Gasteiger partial charge >= 0.3 is 0 Å². The second kappa shape index (κ2) is 2.88. The minimum absolute atomic E-state index is 0.206. The molecule has 0 aliphatic rings. The lowest BCUT2D eigenvalue weighted by molar-refractivity contribution is 1.14. The van der Waals surface area contributed by atoms with Crippen molar-refractivity contribution in [2.45, 2.75) is 6.92 Å². The normalized spacial score (nSPS) is 9.64. The van der Waals surface area contributed by atoms with E-state index < -0.39 is 0 Å². The number of pyridine rings is 1. The fraction of sp³-hybridized carbons (Fsp3) is 0.143. The van der Waals surface area contributed by atoms with Crippen LogP contribution in [0.3, 0.4) is 0 Å². The van der Waals surface area contributed by atoms with Crippen molar-refractivity contribution in [1.29, 1.82) is 5.41 Å². The summed E-state index contributed by atoms with van der Waals surface area (Å²) in [6.45, 7) is 1.74. The number of aromatic amines is 1. The molecule has 1 rings (SSSR count). The Labute approximate surface area is 68.5 Å². The van der Waals surface area contributed by atoms with E-state index in [0.29, 0.717) is 10.7 Å². The molecule has 0 spiro atoms. The van der Waals surface area contributed by atoms with Crippen LogP contribution in [0.5, 0.6) is 0 Å². The van der Waals surface area contributed by atoms with E-state index in [9.17, 15) is 4.79 Å². The first-order chi connectivity index (χ1) is 5.15. The van der Waals surface area contributed by atoms with Gasteiger partial charge in [0.25, 0.3) is 5.56 Å². The van der Waals surface area contributed by atoms with Crippen molar-refractivity contribution in [1.82, 2.24) is 4.98 Å². The summed E-state index contributed by atoms with van der Waals surface area (Å²) < 4.78 is 0. The smallest absolute Gasteiger partial charge is 0.258 e. The van der Waals surface area contributed by atoms with Crippen LogP contribution >= 0.6 is 11.6 Å². The van der Waals surface area contributed by atoms with Gasteiger partial charge in [0, 0.05) is 11.9 Å². The summed E-state index contributed by atoms with van der Waals surface area (Å²) in [7, 11) is 0.